The third-order valence-electron chi connectivity index (χ3n) is 2.24. The van der Waals surface area contributed by atoms with Gasteiger partial charge in [0.2, 0.25) is 10.0 Å². The maximum Gasteiger partial charge on any atom is 0.304 e. The first kappa shape index (κ1) is 15.2. The van der Waals surface area contributed by atoms with Gasteiger partial charge in [0.25, 0.3) is 0 Å². The molecule has 0 bridgehead atoms. The summed E-state index contributed by atoms with van der Waals surface area (Å²) in [5.74, 6) is -1.07. The van der Waals surface area contributed by atoms with E-state index >= 15 is 0 Å². The summed E-state index contributed by atoms with van der Waals surface area (Å²) in [6, 6.07) is 4.26. The van der Waals surface area contributed by atoms with Gasteiger partial charge < -0.3 is 5.11 Å². The number of sulfonamides is 1. The molecular weight excluding hydrogens is 301 g/mol. The van der Waals surface area contributed by atoms with Crippen LogP contribution in [-0.2, 0) is 14.8 Å². The number of rotatable bonds is 5. The fourth-order valence-electron chi connectivity index (χ4n) is 1.22. The number of benzene rings is 1. The van der Waals surface area contributed by atoms with Crippen molar-refractivity contribution in [2.75, 3.05) is 13.6 Å². The van der Waals surface area contributed by atoms with Crippen LogP contribution in [0.15, 0.2) is 23.1 Å². The first-order chi connectivity index (χ1) is 8.26. The average Bonchev–Trinajstić information content (AvgIpc) is 2.29. The van der Waals surface area contributed by atoms with E-state index in [-0.39, 0.29) is 27.9 Å². The minimum atomic E-state index is -3.83. The minimum Gasteiger partial charge on any atom is -0.481 e. The van der Waals surface area contributed by atoms with Crippen molar-refractivity contribution in [1.82, 2.24) is 4.31 Å². The topological polar surface area (TPSA) is 74.7 Å². The van der Waals surface area contributed by atoms with E-state index < -0.39 is 16.0 Å². The van der Waals surface area contributed by atoms with Gasteiger partial charge in [-0.2, -0.15) is 0 Å². The second kappa shape index (κ2) is 5.88. The highest BCUT2D eigenvalue weighted by Crippen LogP contribution is 2.30. The number of carboxylic acids is 1. The lowest BCUT2D eigenvalue weighted by Gasteiger charge is -2.17. The monoisotopic (exact) mass is 311 g/mol. The van der Waals surface area contributed by atoms with Crippen LogP contribution in [0.1, 0.15) is 6.42 Å². The summed E-state index contributed by atoms with van der Waals surface area (Å²) in [7, 11) is -2.55. The molecule has 0 saturated carbocycles. The van der Waals surface area contributed by atoms with E-state index in [2.05, 4.69) is 0 Å². The van der Waals surface area contributed by atoms with Crippen molar-refractivity contribution < 1.29 is 18.3 Å². The standard InChI is InChI=1S/C10H11Cl2NO4S/c1-13(6-5-9(14)15)18(16,17)8-4-2-3-7(11)10(8)12/h2-4H,5-6H2,1H3,(H,14,15). The number of hydrogen-bond acceptors (Lipinski definition) is 3. The van der Waals surface area contributed by atoms with Gasteiger partial charge in [0.1, 0.15) is 4.90 Å². The van der Waals surface area contributed by atoms with E-state index in [0.29, 0.717) is 0 Å². The van der Waals surface area contributed by atoms with Crippen molar-refractivity contribution >= 4 is 39.2 Å². The first-order valence-electron chi connectivity index (χ1n) is 4.89. The van der Waals surface area contributed by atoms with E-state index in [1.165, 1.54) is 25.2 Å². The molecule has 0 fully saturated rings. The molecule has 8 heteroatoms. The summed E-state index contributed by atoms with van der Waals surface area (Å²) in [5.41, 5.74) is 0. The number of carbonyl (C=O) groups is 1. The van der Waals surface area contributed by atoms with Crippen LogP contribution >= 0.6 is 23.2 Å². The predicted molar refractivity (Wildman–Crippen MR) is 68.5 cm³/mol. The molecule has 0 atom stereocenters. The fourth-order valence-corrected chi connectivity index (χ4v) is 3.13. The molecule has 0 aromatic heterocycles. The van der Waals surface area contributed by atoms with Crippen molar-refractivity contribution in [3.8, 4) is 0 Å². The second-order valence-corrected chi connectivity index (χ2v) is 6.32. The zero-order chi connectivity index (χ0) is 13.9. The van der Waals surface area contributed by atoms with Crippen LogP contribution in [0.2, 0.25) is 10.0 Å². The largest absolute Gasteiger partial charge is 0.481 e. The lowest BCUT2D eigenvalue weighted by atomic mass is 10.4. The summed E-state index contributed by atoms with van der Waals surface area (Å²) < 4.78 is 25.1. The quantitative estimate of drug-likeness (QED) is 0.903. The Hall–Kier alpha value is -0.820. The van der Waals surface area contributed by atoms with Crippen molar-refractivity contribution in [1.29, 1.82) is 0 Å². The molecule has 1 aromatic rings. The molecular formula is C10H11Cl2NO4S. The Morgan fingerprint density at radius 2 is 2.00 bits per heavy atom. The maximum atomic E-state index is 12.1. The van der Waals surface area contributed by atoms with Crippen LogP contribution in [0, 0.1) is 0 Å². The lowest BCUT2D eigenvalue weighted by molar-refractivity contribution is -0.137. The van der Waals surface area contributed by atoms with E-state index in [4.69, 9.17) is 28.3 Å². The highest BCUT2D eigenvalue weighted by Gasteiger charge is 2.24. The molecule has 1 N–H and O–H groups in total. The van der Waals surface area contributed by atoms with Gasteiger partial charge >= 0.3 is 5.97 Å². The molecule has 0 aliphatic rings. The summed E-state index contributed by atoms with van der Waals surface area (Å²) in [6.07, 6.45) is -0.284. The zero-order valence-corrected chi connectivity index (χ0v) is 11.8. The van der Waals surface area contributed by atoms with Crippen molar-refractivity contribution in [2.45, 2.75) is 11.3 Å². The van der Waals surface area contributed by atoms with Crippen molar-refractivity contribution in [2.24, 2.45) is 0 Å². The summed E-state index contributed by atoms with van der Waals surface area (Å²) in [6.45, 7) is -0.138. The molecule has 0 spiro atoms. The number of halogens is 2. The molecule has 0 aliphatic heterocycles. The van der Waals surface area contributed by atoms with Gasteiger partial charge in [0, 0.05) is 13.6 Å². The molecule has 1 aromatic carbocycles. The van der Waals surface area contributed by atoms with Crippen LogP contribution in [0.4, 0.5) is 0 Å². The SMILES string of the molecule is CN(CCC(=O)O)S(=O)(=O)c1cccc(Cl)c1Cl. The Labute approximate surface area is 115 Å². The highest BCUT2D eigenvalue weighted by molar-refractivity contribution is 7.89. The average molecular weight is 312 g/mol. The Kier molecular flexibility index (Phi) is 4.98. The molecule has 0 heterocycles. The van der Waals surface area contributed by atoms with Crippen LogP contribution in [0.25, 0.3) is 0 Å². The van der Waals surface area contributed by atoms with Gasteiger partial charge in [-0.1, -0.05) is 29.3 Å². The Balaban J connectivity index is 3.06. The number of hydrogen-bond donors (Lipinski definition) is 1. The summed E-state index contributed by atoms with van der Waals surface area (Å²) in [4.78, 5) is 10.3. The Morgan fingerprint density at radius 1 is 1.39 bits per heavy atom. The van der Waals surface area contributed by atoms with Gasteiger partial charge in [0.05, 0.1) is 16.5 Å². The van der Waals surface area contributed by atoms with Crippen LogP contribution in [0.5, 0.6) is 0 Å². The molecule has 0 aliphatic carbocycles. The maximum absolute atomic E-state index is 12.1. The van der Waals surface area contributed by atoms with E-state index in [0.717, 1.165) is 4.31 Å². The molecule has 0 amide bonds. The van der Waals surface area contributed by atoms with Gasteiger partial charge in [-0.25, -0.2) is 12.7 Å². The first-order valence-corrected chi connectivity index (χ1v) is 7.08. The lowest BCUT2D eigenvalue weighted by Crippen LogP contribution is -2.29. The predicted octanol–water partition coefficient (Wildman–Crippen LogP) is 2.09. The van der Waals surface area contributed by atoms with Gasteiger partial charge in [-0.15, -0.1) is 0 Å². The molecule has 0 saturated heterocycles. The molecule has 18 heavy (non-hydrogen) atoms. The van der Waals surface area contributed by atoms with Crippen LogP contribution < -0.4 is 0 Å². The molecule has 0 radical (unpaired) electrons. The van der Waals surface area contributed by atoms with Gasteiger partial charge in [-0.3, -0.25) is 4.79 Å². The molecule has 100 valence electrons. The normalized spacial score (nSPS) is 11.8. The van der Waals surface area contributed by atoms with Gasteiger partial charge in [-0.05, 0) is 12.1 Å². The fraction of sp³-hybridized carbons (Fsp3) is 0.300. The highest BCUT2D eigenvalue weighted by atomic mass is 35.5. The number of carboxylic acid groups (broad SMARTS) is 1. The second-order valence-electron chi connectivity index (χ2n) is 3.52. The summed E-state index contributed by atoms with van der Waals surface area (Å²) >= 11 is 11.6. The minimum absolute atomic E-state index is 0.0682. The number of aliphatic carboxylic acids is 1. The third-order valence-corrected chi connectivity index (χ3v) is 5.08. The van der Waals surface area contributed by atoms with Crippen molar-refractivity contribution in [3.63, 3.8) is 0 Å². The van der Waals surface area contributed by atoms with E-state index in [1.54, 1.807) is 0 Å². The van der Waals surface area contributed by atoms with Gasteiger partial charge in [0.15, 0.2) is 0 Å². The Morgan fingerprint density at radius 3 is 2.56 bits per heavy atom. The molecule has 5 nitrogen and oxygen atoms in total. The van der Waals surface area contributed by atoms with Crippen molar-refractivity contribution in [3.05, 3.63) is 28.2 Å². The Bertz CT molecular complexity index is 559. The zero-order valence-electron chi connectivity index (χ0n) is 9.43. The molecule has 0 unspecified atom stereocenters. The number of nitrogens with zero attached hydrogens (tertiary/aromatic N) is 1. The smallest absolute Gasteiger partial charge is 0.304 e. The van der Waals surface area contributed by atoms with E-state index in [9.17, 15) is 13.2 Å². The van der Waals surface area contributed by atoms with Crippen LogP contribution in [0.3, 0.4) is 0 Å². The summed E-state index contributed by atoms with van der Waals surface area (Å²) in [5, 5.41) is 8.59. The van der Waals surface area contributed by atoms with Crippen LogP contribution in [-0.4, -0.2) is 37.4 Å². The molecule has 1 rings (SSSR count). The third kappa shape index (κ3) is 3.35. The van der Waals surface area contributed by atoms with E-state index in [1.807, 2.05) is 0 Å².